The Kier molecular flexibility index (Phi) is 8.26. The minimum atomic E-state index is 0.644. The van der Waals surface area contributed by atoms with E-state index in [2.05, 4.69) is 138 Å². The van der Waals surface area contributed by atoms with E-state index in [9.17, 15) is 0 Å². The van der Waals surface area contributed by atoms with Crippen LogP contribution in [0.15, 0.2) is 182 Å². The van der Waals surface area contributed by atoms with Gasteiger partial charge in [0.05, 0.1) is 11.0 Å². The lowest BCUT2D eigenvalue weighted by Gasteiger charge is -2.12. The second-order valence-electron chi connectivity index (χ2n) is 13.2. The lowest BCUT2D eigenvalue weighted by atomic mass is 10.00. The summed E-state index contributed by atoms with van der Waals surface area (Å²) >= 11 is 0. The van der Waals surface area contributed by atoms with Gasteiger partial charge in [-0.25, -0.2) is 15.0 Å². The molecule has 0 fully saturated rings. The van der Waals surface area contributed by atoms with Crippen molar-refractivity contribution in [2.75, 3.05) is 0 Å². The zero-order valence-corrected chi connectivity index (χ0v) is 29.6. The van der Waals surface area contributed by atoms with E-state index in [1.165, 1.54) is 43.7 Å². The van der Waals surface area contributed by atoms with Crippen LogP contribution in [0.4, 0.5) is 0 Å². The largest absolute Gasteiger partial charge is 0.309 e. The molecule has 0 saturated carbocycles. The number of hydrogen-bond donors (Lipinski definition) is 0. The van der Waals surface area contributed by atoms with Crippen molar-refractivity contribution in [2.24, 2.45) is 0 Å². The zero-order valence-electron chi connectivity index (χ0n) is 29.6. The van der Waals surface area contributed by atoms with E-state index in [-0.39, 0.29) is 0 Å². The van der Waals surface area contributed by atoms with E-state index < -0.39 is 0 Å². The van der Waals surface area contributed by atoms with E-state index in [1.807, 2.05) is 62.4 Å². The van der Waals surface area contributed by atoms with Crippen LogP contribution in [0, 0.1) is 0 Å². The molecule has 2 heterocycles. The topological polar surface area (TPSA) is 43.6 Å². The molecule has 4 nitrogen and oxygen atoms in total. The van der Waals surface area contributed by atoms with Crippen molar-refractivity contribution in [3.8, 4) is 50.7 Å². The number of fused-ring (bicyclic) bond motifs is 4. The summed E-state index contributed by atoms with van der Waals surface area (Å²) in [5, 5.41) is 4.97. The molecule has 0 atom stereocenters. The second kappa shape index (κ2) is 13.7. The number of nitrogens with zero attached hydrogens (tertiary/aromatic N) is 4. The van der Waals surface area contributed by atoms with Crippen LogP contribution in [0.1, 0.15) is 19.7 Å². The van der Waals surface area contributed by atoms with E-state index in [1.54, 1.807) is 0 Å². The SMILES string of the molecule is C/C=C\C(=C/C)c1nc(-c2ccccc2)nc(-c2ccc(-c3cccc(-n4c5ccccc5c5ccc(-c6ccc7ccccc7c6)cc54)c3)cc2)n1. The van der Waals surface area contributed by atoms with Crippen molar-refractivity contribution in [2.45, 2.75) is 13.8 Å². The van der Waals surface area contributed by atoms with Crippen molar-refractivity contribution in [1.82, 2.24) is 19.5 Å². The van der Waals surface area contributed by atoms with Crippen LogP contribution in [0.2, 0.25) is 0 Å². The van der Waals surface area contributed by atoms with Gasteiger partial charge in [0.25, 0.3) is 0 Å². The number of allylic oxidation sites excluding steroid dienone is 4. The average molecular weight is 681 g/mol. The maximum absolute atomic E-state index is 4.93. The minimum absolute atomic E-state index is 0.644. The summed E-state index contributed by atoms with van der Waals surface area (Å²) < 4.78 is 2.40. The van der Waals surface area contributed by atoms with Crippen molar-refractivity contribution >= 4 is 38.2 Å². The zero-order chi connectivity index (χ0) is 35.7. The van der Waals surface area contributed by atoms with Crippen LogP contribution < -0.4 is 0 Å². The summed E-state index contributed by atoms with van der Waals surface area (Å²) in [4.78, 5) is 14.7. The van der Waals surface area contributed by atoms with Gasteiger partial charge in [0.1, 0.15) is 0 Å². The third-order valence-electron chi connectivity index (χ3n) is 9.92. The summed E-state index contributed by atoms with van der Waals surface area (Å²) in [6, 6.07) is 58.2. The average Bonchev–Trinajstić information content (AvgIpc) is 3.56. The van der Waals surface area contributed by atoms with Gasteiger partial charge in [-0.15, -0.1) is 0 Å². The maximum Gasteiger partial charge on any atom is 0.164 e. The third kappa shape index (κ3) is 6.00. The summed E-state index contributed by atoms with van der Waals surface area (Å²) in [5.74, 6) is 1.95. The molecule has 0 saturated heterocycles. The molecule has 9 rings (SSSR count). The fourth-order valence-corrected chi connectivity index (χ4v) is 7.26. The Bertz CT molecular complexity index is 2840. The molecule has 0 radical (unpaired) electrons. The van der Waals surface area contributed by atoms with Crippen LogP contribution in [0.25, 0.3) is 88.9 Å². The number of benzene rings is 7. The second-order valence-corrected chi connectivity index (χ2v) is 13.2. The first-order chi connectivity index (χ1) is 26.2. The maximum atomic E-state index is 4.93. The van der Waals surface area contributed by atoms with Gasteiger partial charge in [-0.05, 0) is 77.2 Å². The Labute approximate surface area is 309 Å². The molecule has 7 aromatic carbocycles. The third-order valence-corrected chi connectivity index (χ3v) is 9.92. The summed E-state index contributed by atoms with van der Waals surface area (Å²) in [5.41, 5.74) is 11.0. The van der Waals surface area contributed by atoms with Crippen LogP contribution in [-0.2, 0) is 0 Å². The smallest absolute Gasteiger partial charge is 0.164 e. The van der Waals surface area contributed by atoms with Gasteiger partial charge in [-0.2, -0.15) is 0 Å². The number of rotatable bonds is 7. The van der Waals surface area contributed by atoms with Crippen molar-refractivity contribution in [1.29, 1.82) is 0 Å². The molecule has 252 valence electrons. The summed E-state index contributed by atoms with van der Waals surface area (Å²) in [7, 11) is 0. The van der Waals surface area contributed by atoms with Gasteiger partial charge in [0.15, 0.2) is 17.5 Å². The van der Waals surface area contributed by atoms with Crippen LogP contribution in [0.3, 0.4) is 0 Å². The highest BCUT2D eigenvalue weighted by atomic mass is 15.0. The van der Waals surface area contributed by atoms with Crippen LogP contribution >= 0.6 is 0 Å². The van der Waals surface area contributed by atoms with Crippen molar-refractivity contribution < 1.29 is 0 Å². The van der Waals surface area contributed by atoms with Gasteiger partial charge in [-0.3, -0.25) is 0 Å². The number of para-hydroxylation sites is 1. The summed E-state index contributed by atoms with van der Waals surface area (Å²) in [6.45, 7) is 4.01. The first-order valence-corrected chi connectivity index (χ1v) is 18.0. The molecule has 0 unspecified atom stereocenters. The number of hydrogen-bond acceptors (Lipinski definition) is 3. The normalized spacial score (nSPS) is 12.0. The molecule has 0 amide bonds. The molecule has 2 aromatic heterocycles. The van der Waals surface area contributed by atoms with Gasteiger partial charge >= 0.3 is 0 Å². The lowest BCUT2D eigenvalue weighted by Crippen LogP contribution is -2.02. The molecule has 0 bridgehead atoms. The minimum Gasteiger partial charge on any atom is -0.309 e. The molecule has 0 aliphatic carbocycles. The van der Waals surface area contributed by atoms with Gasteiger partial charge < -0.3 is 4.57 Å². The quantitative estimate of drug-likeness (QED) is 0.157. The van der Waals surface area contributed by atoms with Gasteiger partial charge in [-0.1, -0.05) is 152 Å². The van der Waals surface area contributed by atoms with E-state index >= 15 is 0 Å². The fraction of sp³-hybridized carbons (Fsp3) is 0.0408. The monoisotopic (exact) mass is 680 g/mol. The molecule has 0 aliphatic rings. The first kappa shape index (κ1) is 32.0. The highest BCUT2D eigenvalue weighted by molar-refractivity contribution is 6.10. The highest BCUT2D eigenvalue weighted by Crippen LogP contribution is 2.36. The molecule has 53 heavy (non-hydrogen) atoms. The Hall–Kier alpha value is -6.91. The fourth-order valence-electron chi connectivity index (χ4n) is 7.26. The molecule has 0 aliphatic heterocycles. The Morgan fingerprint density at radius 1 is 0.453 bits per heavy atom. The first-order valence-electron chi connectivity index (χ1n) is 18.0. The van der Waals surface area contributed by atoms with Crippen molar-refractivity contribution in [3.05, 3.63) is 188 Å². The van der Waals surface area contributed by atoms with E-state index in [0.29, 0.717) is 17.5 Å². The van der Waals surface area contributed by atoms with Crippen LogP contribution in [-0.4, -0.2) is 19.5 Å². The molecule has 0 spiro atoms. The standard InChI is InChI=1S/C49H36N4/c1-3-13-33(4-2)47-50-48(36-15-6-5-7-16-36)52-49(51-47)37-25-22-35(23-26-37)39-18-12-19-42(31-39)53-45-21-11-10-20-43(45)44-29-28-41(32-46(44)53)40-27-24-34-14-8-9-17-38(34)30-40/h3-32H,1-2H3/b13-3-,33-4+. The molecular formula is C49H36N4. The Morgan fingerprint density at radius 3 is 1.85 bits per heavy atom. The summed E-state index contributed by atoms with van der Waals surface area (Å²) in [6.07, 6.45) is 6.07. The van der Waals surface area contributed by atoms with Gasteiger partial charge in [0.2, 0.25) is 0 Å². The van der Waals surface area contributed by atoms with E-state index in [4.69, 9.17) is 15.0 Å². The lowest BCUT2D eigenvalue weighted by molar-refractivity contribution is 1.04. The highest BCUT2D eigenvalue weighted by Gasteiger charge is 2.16. The Balaban J connectivity index is 1.11. The van der Waals surface area contributed by atoms with E-state index in [0.717, 1.165) is 33.5 Å². The van der Waals surface area contributed by atoms with Crippen LogP contribution in [0.5, 0.6) is 0 Å². The Morgan fingerprint density at radius 2 is 1.06 bits per heavy atom. The number of aromatic nitrogens is 4. The molecular weight excluding hydrogens is 645 g/mol. The predicted molar refractivity (Wildman–Crippen MR) is 222 cm³/mol. The van der Waals surface area contributed by atoms with Crippen molar-refractivity contribution in [3.63, 3.8) is 0 Å². The molecule has 0 N–H and O–H groups in total. The molecule has 4 heteroatoms. The van der Waals surface area contributed by atoms with Gasteiger partial charge in [0, 0.05) is 33.2 Å². The predicted octanol–water partition coefficient (Wildman–Crippen LogP) is 12.8. The molecule has 9 aromatic rings.